The van der Waals surface area contributed by atoms with E-state index in [2.05, 4.69) is 9.88 Å². The number of aryl methyl sites for hydroxylation is 1. The van der Waals surface area contributed by atoms with Gasteiger partial charge in [0.2, 0.25) is 5.91 Å². The van der Waals surface area contributed by atoms with Gasteiger partial charge in [-0.2, -0.15) is 0 Å². The highest BCUT2D eigenvalue weighted by molar-refractivity contribution is 7.11. The van der Waals surface area contributed by atoms with Crippen LogP contribution in [0, 0.1) is 6.92 Å². The summed E-state index contributed by atoms with van der Waals surface area (Å²) in [7, 11) is 1.60. The number of carbonyl (C=O) groups excluding carboxylic acids is 1. The summed E-state index contributed by atoms with van der Waals surface area (Å²) in [4.78, 5) is 22.0. The molecule has 118 valence electrons. The van der Waals surface area contributed by atoms with Crippen molar-refractivity contribution in [1.82, 2.24) is 14.8 Å². The second kappa shape index (κ2) is 7.84. The van der Waals surface area contributed by atoms with Crippen molar-refractivity contribution in [2.24, 2.45) is 5.73 Å². The molecule has 2 heterocycles. The molecule has 0 saturated carbocycles. The molecule has 2 N–H and O–H groups in total. The number of carbonyl (C=O) groups is 1. The summed E-state index contributed by atoms with van der Waals surface area (Å²) in [6.45, 7) is 6.69. The van der Waals surface area contributed by atoms with E-state index in [-0.39, 0.29) is 12.0 Å². The van der Waals surface area contributed by atoms with Gasteiger partial charge in [-0.3, -0.25) is 9.69 Å². The number of aromatic nitrogens is 1. The van der Waals surface area contributed by atoms with Crippen LogP contribution in [0.3, 0.4) is 0 Å². The predicted molar refractivity (Wildman–Crippen MR) is 83.2 cm³/mol. The molecule has 1 aromatic rings. The Labute approximate surface area is 129 Å². The summed E-state index contributed by atoms with van der Waals surface area (Å²) < 4.78 is 5.17. The highest BCUT2D eigenvalue weighted by Gasteiger charge is 2.23. The van der Waals surface area contributed by atoms with E-state index in [0.717, 1.165) is 37.7 Å². The van der Waals surface area contributed by atoms with Crippen LogP contribution in [-0.4, -0.2) is 66.6 Å². The van der Waals surface area contributed by atoms with Gasteiger partial charge in [-0.15, -0.1) is 11.3 Å². The van der Waals surface area contributed by atoms with Crippen molar-refractivity contribution >= 4 is 17.2 Å². The van der Waals surface area contributed by atoms with E-state index in [4.69, 9.17) is 10.5 Å². The van der Waals surface area contributed by atoms with Gasteiger partial charge in [0.25, 0.3) is 0 Å². The molecule has 1 amide bonds. The van der Waals surface area contributed by atoms with Gasteiger partial charge in [0.1, 0.15) is 0 Å². The van der Waals surface area contributed by atoms with Crippen LogP contribution < -0.4 is 5.73 Å². The molecule has 1 aromatic heterocycles. The zero-order valence-corrected chi connectivity index (χ0v) is 13.6. The minimum Gasteiger partial charge on any atom is -0.380 e. The topological polar surface area (TPSA) is 71.7 Å². The Morgan fingerprint density at radius 2 is 2.19 bits per heavy atom. The fourth-order valence-corrected chi connectivity index (χ4v) is 3.28. The molecule has 1 fully saturated rings. The van der Waals surface area contributed by atoms with Gasteiger partial charge >= 0.3 is 0 Å². The number of rotatable bonds is 6. The van der Waals surface area contributed by atoms with Crippen molar-refractivity contribution in [3.63, 3.8) is 0 Å². The second-order valence-corrected chi connectivity index (χ2v) is 6.62. The Kier molecular flexibility index (Phi) is 6.10. The molecule has 6 nitrogen and oxygen atoms in total. The summed E-state index contributed by atoms with van der Waals surface area (Å²) in [5.41, 5.74) is 5.56. The second-order valence-electron chi connectivity index (χ2n) is 5.30. The third-order valence-corrected chi connectivity index (χ3v) is 4.67. The molecule has 1 atom stereocenters. The molecule has 1 saturated heterocycles. The summed E-state index contributed by atoms with van der Waals surface area (Å²) in [6, 6.07) is 0. The lowest BCUT2D eigenvalue weighted by Gasteiger charge is -2.35. The maximum Gasteiger partial charge on any atom is 0.225 e. The van der Waals surface area contributed by atoms with Crippen LogP contribution in [0.2, 0.25) is 0 Å². The Balaban J connectivity index is 1.76. The fourth-order valence-electron chi connectivity index (χ4n) is 2.44. The van der Waals surface area contributed by atoms with E-state index < -0.39 is 0 Å². The van der Waals surface area contributed by atoms with Gasteiger partial charge < -0.3 is 15.4 Å². The van der Waals surface area contributed by atoms with Gasteiger partial charge in [-0.1, -0.05) is 0 Å². The normalized spacial score (nSPS) is 18.0. The highest BCUT2D eigenvalue weighted by Crippen LogP contribution is 2.15. The smallest absolute Gasteiger partial charge is 0.225 e. The van der Waals surface area contributed by atoms with E-state index in [0.29, 0.717) is 13.0 Å². The Morgan fingerprint density at radius 3 is 2.71 bits per heavy atom. The van der Waals surface area contributed by atoms with E-state index in [1.165, 1.54) is 4.88 Å². The molecule has 0 aliphatic carbocycles. The van der Waals surface area contributed by atoms with Gasteiger partial charge in [0.05, 0.1) is 17.5 Å². The van der Waals surface area contributed by atoms with Crippen LogP contribution in [-0.2, 0) is 16.1 Å². The Morgan fingerprint density at radius 1 is 1.48 bits per heavy atom. The quantitative estimate of drug-likeness (QED) is 0.826. The van der Waals surface area contributed by atoms with Gasteiger partial charge in [0.15, 0.2) is 0 Å². The number of thiazole rings is 1. The van der Waals surface area contributed by atoms with Crippen LogP contribution in [0.4, 0.5) is 0 Å². The largest absolute Gasteiger partial charge is 0.380 e. The fraction of sp³-hybridized carbons (Fsp3) is 0.714. The maximum absolute atomic E-state index is 12.2. The molecular weight excluding hydrogens is 288 g/mol. The summed E-state index contributed by atoms with van der Waals surface area (Å²) >= 11 is 1.74. The van der Waals surface area contributed by atoms with Gasteiger partial charge in [0, 0.05) is 57.5 Å². The SMILES string of the molecule is COC(CN)CC(=O)N1CCN(Cc2cnc(C)s2)CC1. The van der Waals surface area contributed by atoms with E-state index in [9.17, 15) is 4.79 Å². The van der Waals surface area contributed by atoms with Gasteiger partial charge in [-0.25, -0.2) is 4.98 Å². The molecule has 0 radical (unpaired) electrons. The number of nitrogens with zero attached hydrogens (tertiary/aromatic N) is 3. The highest BCUT2D eigenvalue weighted by atomic mass is 32.1. The molecule has 1 aliphatic heterocycles. The minimum absolute atomic E-state index is 0.139. The van der Waals surface area contributed by atoms with Crippen LogP contribution in [0.1, 0.15) is 16.3 Å². The van der Waals surface area contributed by atoms with E-state index in [1.807, 2.05) is 18.0 Å². The van der Waals surface area contributed by atoms with Crippen LogP contribution in [0.25, 0.3) is 0 Å². The molecular formula is C14H24N4O2S. The van der Waals surface area contributed by atoms with Crippen molar-refractivity contribution in [2.75, 3.05) is 39.8 Å². The molecule has 0 bridgehead atoms. The van der Waals surface area contributed by atoms with Crippen molar-refractivity contribution in [3.05, 3.63) is 16.1 Å². The van der Waals surface area contributed by atoms with Crippen LogP contribution in [0.5, 0.6) is 0 Å². The van der Waals surface area contributed by atoms with Gasteiger partial charge in [-0.05, 0) is 6.92 Å². The number of hydrogen-bond acceptors (Lipinski definition) is 6. The predicted octanol–water partition coefficient (Wildman–Crippen LogP) is 0.460. The first-order valence-corrected chi connectivity index (χ1v) is 8.08. The first-order chi connectivity index (χ1) is 10.1. The molecule has 2 rings (SSSR count). The lowest BCUT2D eigenvalue weighted by atomic mass is 10.2. The Hall–Kier alpha value is -1.02. The number of piperazine rings is 1. The van der Waals surface area contributed by atoms with E-state index >= 15 is 0 Å². The third-order valence-electron chi connectivity index (χ3n) is 3.77. The summed E-state index contributed by atoms with van der Waals surface area (Å²) in [6.07, 6.45) is 2.15. The lowest BCUT2D eigenvalue weighted by Crippen LogP contribution is -2.49. The number of nitrogens with two attached hydrogens (primary N) is 1. The van der Waals surface area contributed by atoms with Crippen LogP contribution >= 0.6 is 11.3 Å². The number of ether oxygens (including phenoxy) is 1. The molecule has 21 heavy (non-hydrogen) atoms. The monoisotopic (exact) mass is 312 g/mol. The number of amides is 1. The number of methoxy groups -OCH3 is 1. The average Bonchev–Trinajstić information content (AvgIpc) is 2.90. The Bertz CT molecular complexity index is 454. The molecule has 0 spiro atoms. The van der Waals surface area contributed by atoms with E-state index in [1.54, 1.807) is 18.4 Å². The molecule has 7 heteroatoms. The van der Waals surface area contributed by atoms with Crippen molar-refractivity contribution in [3.8, 4) is 0 Å². The first-order valence-electron chi connectivity index (χ1n) is 7.26. The molecule has 1 aliphatic rings. The van der Waals surface area contributed by atoms with Crippen molar-refractivity contribution < 1.29 is 9.53 Å². The summed E-state index contributed by atoms with van der Waals surface area (Å²) in [5, 5.41) is 1.10. The average molecular weight is 312 g/mol. The molecule has 0 aromatic carbocycles. The van der Waals surface area contributed by atoms with Crippen molar-refractivity contribution in [1.29, 1.82) is 0 Å². The van der Waals surface area contributed by atoms with Crippen molar-refractivity contribution in [2.45, 2.75) is 26.0 Å². The standard InChI is InChI=1S/C14H24N4O2S/c1-11-16-9-13(21-11)10-17-3-5-18(6-4-17)14(19)7-12(8-15)20-2/h9,12H,3-8,10,15H2,1-2H3. The minimum atomic E-state index is -0.171. The zero-order valence-electron chi connectivity index (χ0n) is 12.7. The van der Waals surface area contributed by atoms with Crippen LogP contribution in [0.15, 0.2) is 6.20 Å². The first kappa shape index (κ1) is 16.4. The third kappa shape index (κ3) is 4.74. The molecule has 1 unspecified atom stereocenters. The number of hydrogen-bond donors (Lipinski definition) is 1. The maximum atomic E-state index is 12.2. The summed E-state index contributed by atoms with van der Waals surface area (Å²) in [5.74, 6) is 0.139. The lowest BCUT2D eigenvalue weighted by molar-refractivity contribution is -0.135. The zero-order chi connectivity index (χ0) is 15.2.